The van der Waals surface area contributed by atoms with Gasteiger partial charge in [0.05, 0.1) is 6.61 Å². The number of carbonyl (C=O) groups excluding carboxylic acids is 1. The minimum absolute atomic E-state index is 0.464. The Bertz CT molecular complexity index is 351. The molecule has 5 atom stereocenters. The van der Waals surface area contributed by atoms with Crippen molar-refractivity contribution in [3.8, 4) is 0 Å². The number of aliphatic hydroxyl groups is 3. The number of hydrogen-bond acceptors (Lipinski definition) is 7. The summed E-state index contributed by atoms with van der Waals surface area (Å²) in [7, 11) is 0. The van der Waals surface area contributed by atoms with Crippen molar-refractivity contribution in [1.29, 1.82) is 0 Å². The number of nitrogens with zero attached hydrogens (tertiary/aromatic N) is 1. The molecular weight excluding hydrogens is 246 g/mol. The summed E-state index contributed by atoms with van der Waals surface area (Å²) in [6.07, 6.45) is -2.62. The highest BCUT2D eigenvalue weighted by Gasteiger charge is 2.46. The van der Waals surface area contributed by atoms with Gasteiger partial charge in [0.15, 0.2) is 6.23 Å². The van der Waals surface area contributed by atoms with Gasteiger partial charge in [0.25, 0.3) is 0 Å². The first kappa shape index (κ1) is 13.2. The Hall–Kier alpha value is -1.23. The van der Waals surface area contributed by atoms with Gasteiger partial charge >= 0.3 is 6.03 Å². The van der Waals surface area contributed by atoms with Gasteiger partial charge in [-0.25, -0.2) is 4.79 Å². The highest BCUT2D eigenvalue weighted by atomic mass is 16.6. The molecule has 18 heavy (non-hydrogen) atoms. The summed E-state index contributed by atoms with van der Waals surface area (Å²) in [4.78, 5) is 12.7. The predicted octanol–water partition coefficient (Wildman–Crippen LogP) is -2.73. The normalized spacial score (nSPS) is 40.1. The van der Waals surface area contributed by atoms with Crippen LogP contribution >= 0.6 is 0 Å². The lowest BCUT2D eigenvalue weighted by Gasteiger charge is -2.32. The lowest BCUT2D eigenvalue weighted by Crippen LogP contribution is -2.55. The van der Waals surface area contributed by atoms with E-state index in [4.69, 9.17) is 15.1 Å². The van der Waals surface area contributed by atoms with Gasteiger partial charge < -0.3 is 30.6 Å². The van der Waals surface area contributed by atoms with Crippen molar-refractivity contribution in [2.75, 3.05) is 6.61 Å². The summed E-state index contributed by atoms with van der Waals surface area (Å²) in [6, 6.07) is -0.612. The van der Waals surface area contributed by atoms with E-state index in [1.165, 1.54) is 12.3 Å². The fourth-order valence-corrected chi connectivity index (χ4v) is 1.89. The second-order valence-corrected chi connectivity index (χ2v) is 4.03. The molecule has 1 saturated heterocycles. The Morgan fingerprint density at radius 1 is 1.44 bits per heavy atom. The van der Waals surface area contributed by atoms with E-state index in [-0.39, 0.29) is 0 Å². The monoisotopic (exact) mass is 261 g/mol. The topological polar surface area (TPSA) is 135 Å². The van der Waals surface area contributed by atoms with Gasteiger partial charge in [-0.3, -0.25) is 4.90 Å². The fraction of sp³-hybridized carbons (Fsp3) is 0.667. The molecule has 0 aliphatic carbocycles. The van der Waals surface area contributed by atoms with Crippen LogP contribution in [0.3, 0.4) is 0 Å². The Labute approximate surface area is 102 Å². The van der Waals surface area contributed by atoms with Crippen LogP contribution in [0.4, 0.5) is 4.79 Å². The van der Waals surface area contributed by atoms with Crippen LogP contribution in [-0.2, 0) is 4.74 Å². The van der Waals surface area contributed by atoms with Gasteiger partial charge in [-0.15, -0.1) is 0 Å². The molecule has 0 saturated carbocycles. The van der Waals surface area contributed by atoms with Crippen LogP contribution in [0.2, 0.25) is 0 Å². The second-order valence-electron chi connectivity index (χ2n) is 4.03. The molecule has 0 bridgehead atoms. The SMILES string of the molecule is O=C1NC(NO)C=CN1[C@@H]1O[C@H](CO)[C@@H](O)[C@H]1O. The number of hydrogen-bond donors (Lipinski definition) is 6. The minimum atomic E-state index is -1.32. The van der Waals surface area contributed by atoms with Crippen molar-refractivity contribution in [2.24, 2.45) is 0 Å². The zero-order valence-electron chi connectivity index (χ0n) is 9.30. The van der Waals surface area contributed by atoms with Crippen LogP contribution in [-0.4, -0.2) is 68.8 Å². The maximum absolute atomic E-state index is 11.7. The van der Waals surface area contributed by atoms with Gasteiger partial charge in [-0.2, -0.15) is 5.48 Å². The minimum Gasteiger partial charge on any atom is -0.394 e. The van der Waals surface area contributed by atoms with E-state index in [0.29, 0.717) is 0 Å². The maximum Gasteiger partial charge on any atom is 0.325 e. The summed E-state index contributed by atoms with van der Waals surface area (Å²) in [6.45, 7) is -0.464. The van der Waals surface area contributed by atoms with E-state index in [1.807, 2.05) is 5.48 Å². The summed E-state index contributed by atoms with van der Waals surface area (Å²) in [5.41, 5.74) is 1.85. The molecular formula is C9H15N3O6. The molecule has 2 rings (SSSR count). The number of rotatable bonds is 3. The van der Waals surface area contributed by atoms with Crippen molar-refractivity contribution >= 4 is 6.03 Å². The molecule has 2 aliphatic rings. The molecule has 6 N–H and O–H groups in total. The molecule has 9 heteroatoms. The molecule has 2 amide bonds. The van der Waals surface area contributed by atoms with Crippen LogP contribution in [0.25, 0.3) is 0 Å². The molecule has 1 fully saturated rings. The molecule has 1 unspecified atom stereocenters. The van der Waals surface area contributed by atoms with Gasteiger partial charge in [0.1, 0.15) is 24.5 Å². The van der Waals surface area contributed by atoms with E-state index in [9.17, 15) is 15.0 Å². The van der Waals surface area contributed by atoms with Crippen LogP contribution in [0.5, 0.6) is 0 Å². The zero-order chi connectivity index (χ0) is 13.3. The standard InChI is InChI=1S/C9H15N3O6/c13-3-4-6(14)7(15)8(18-4)12-2-1-5(11-17)10-9(12)16/h1-2,4-8,11,13-15,17H,3H2,(H,10,16)/t4-,5?,6-,7-,8-/m1/s1. The first-order valence-electron chi connectivity index (χ1n) is 5.37. The Balaban J connectivity index is 2.11. The molecule has 9 nitrogen and oxygen atoms in total. The van der Waals surface area contributed by atoms with Crippen molar-refractivity contribution in [2.45, 2.75) is 30.7 Å². The molecule has 0 spiro atoms. The second kappa shape index (κ2) is 5.18. The summed E-state index contributed by atoms with van der Waals surface area (Å²) < 4.78 is 5.19. The largest absolute Gasteiger partial charge is 0.394 e. The summed E-state index contributed by atoms with van der Waals surface area (Å²) in [5.74, 6) is 0. The number of amides is 2. The van der Waals surface area contributed by atoms with Gasteiger partial charge in [0.2, 0.25) is 0 Å². The van der Waals surface area contributed by atoms with Gasteiger partial charge in [-0.1, -0.05) is 0 Å². The number of hydroxylamine groups is 1. The Morgan fingerprint density at radius 2 is 2.17 bits per heavy atom. The molecule has 102 valence electrons. The van der Waals surface area contributed by atoms with Crippen molar-refractivity contribution in [3.05, 3.63) is 12.3 Å². The van der Waals surface area contributed by atoms with Gasteiger partial charge in [-0.05, 0) is 6.08 Å². The maximum atomic E-state index is 11.7. The quantitative estimate of drug-likeness (QED) is 0.304. The third kappa shape index (κ3) is 2.19. The average molecular weight is 261 g/mol. The predicted molar refractivity (Wildman–Crippen MR) is 56.0 cm³/mol. The highest BCUT2D eigenvalue weighted by molar-refractivity contribution is 5.77. The lowest BCUT2D eigenvalue weighted by atomic mass is 10.1. The lowest BCUT2D eigenvalue weighted by molar-refractivity contribution is -0.0670. The molecule has 0 aromatic heterocycles. The average Bonchev–Trinajstić information content (AvgIpc) is 2.66. The number of aliphatic hydroxyl groups excluding tert-OH is 3. The third-order valence-corrected chi connectivity index (χ3v) is 2.88. The molecule has 0 aromatic rings. The van der Waals surface area contributed by atoms with Crippen LogP contribution in [0.15, 0.2) is 12.3 Å². The van der Waals surface area contributed by atoms with Gasteiger partial charge in [0, 0.05) is 6.20 Å². The zero-order valence-corrected chi connectivity index (χ0v) is 9.30. The van der Waals surface area contributed by atoms with Crippen molar-refractivity contribution in [1.82, 2.24) is 15.7 Å². The molecule has 0 radical (unpaired) electrons. The number of nitrogens with one attached hydrogen (secondary N) is 2. The number of urea groups is 1. The van der Waals surface area contributed by atoms with E-state index in [0.717, 1.165) is 4.90 Å². The first-order chi connectivity index (χ1) is 8.58. The van der Waals surface area contributed by atoms with Crippen LogP contribution in [0.1, 0.15) is 0 Å². The van der Waals surface area contributed by atoms with Crippen molar-refractivity contribution in [3.63, 3.8) is 0 Å². The first-order valence-corrected chi connectivity index (χ1v) is 5.37. The van der Waals surface area contributed by atoms with Crippen molar-refractivity contribution < 1.29 is 30.1 Å². The molecule has 2 heterocycles. The summed E-state index contributed by atoms with van der Waals surface area (Å²) in [5, 5.41) is 39.3. The molecule has 0 aromatic carbocycles. The Kier molecular flexibility index (Phi) is 3.80. The fourth-order valence-electron chi connectivity index (χ4n) is 1.89. The van der Waals surface area contributed by atoms with Crippen LogP contribution < -0.4 is 10.8 Å². The highest BCUT2D eigenvalue weighted by Crippen LogP contribution is 2.25. The van der Waals surface area contributed by atoms with Crippen LogP contribution in [0, 0.1) is 0 Å². The Morgan fingerprint density at radius 3 is 2.67 bits per heavy atom. The number of carbonyl (C=O) groups is 1. The number of ether oxygens (including phenoxy) is 1. The van der Waals surface area contributed by atoms with E-state index in [2.05, 4.69) is 5.32 Å². The smallest absolute Gasteiger partial charge is 0.325 e. The van der Waals surface area contributed by atoms with E-state index < -0.39 is 43.3 Å². The van der Waals surface area contributed by atoms with E-state index in [1.54, 1.807) is 0 Å². The molecule has 2 aliphatic heterocycles. The third-order valence-electron chi connectivity index (χ3n) is 2.88. The van der Waals surface area contributed by atoms with E-state index >= 15 is 0 Å². The summed E-state index contributed by atoms with van der Waals surface area (Å²) >= 11 is 0.